The summed E-state index contributed by atoms with van der Waals surface area (Å²) in [4.78, 5) is 35.6. The van der Waals surface area contributed by atoms with Crippen LogP contribution < -0.4 is 10.6 Å². The number of benzene rings is 1. The number of rotatable bonds is 6. The molecule has 0 saturated heterocycles. The van der Waals surface area contributed by atoms with Crippen LogP contribution in [0.3, 0.4) is 0 Å². The van der Waals surface area contributed by atoms with Crippen LogP contribution in [-0.4, -0.2) is 40.3 Å². The van der Waals surface area contributed by atoms with Crippen molar-refractivity contribution in [2.45, 2.75) is 33.2 Å². The summed E-state index contributed by atoms with van der Waals surface area (Å²) in [5.74, 6) is -2.08. The largest absolute Gasteiger partial charge is 0.452 e. The van der Waals surface area contributed by atoms with Crippen molar-refractivity contribution >= 4 is 29.5 Å². The second kappa shape index (κ2) is 9.32. The van der Waals surface area contributed by atoms with Gasteiger partial charge in [0, 0.05) is 6.04 Å². The Labute approximate surface area is 166 Å². The van der Waals surface area contributed by atoms with E-state index in [1.807, 2.05) is 6.92 Å². The van der Waals surface area contributed by atoms with Gasteiger partial charge < -0.3 is 10.1 Å². The quantitative estimate of drug-likeness (QED) is 0.713. The molecule has 0 unspecified atom stereocenters. The molecule has 0 saturated carbocycles. The lowest BCUT2D eigenvalue weighted by Crippen LogP contribution is -2.44. The molecule has 10 heteroatoms. The van der Waals surface area contributed by atoms with Crippen molar-refractivity contribution in [3.8, 4) is 5.69 Å². The Morgan fingerprint density at radius 1 is 1.29 bits per heavy atom. The fourth-order valence-corrected chi connectivity index (χ4v) is 2.56. The highest BCUT2D eigenvalue weighted by atomic mass is 35.5. The molecule has 1 heterocycles. The van der Waals surface area contributed by atoms with Crippen molar-refractivity contribution in [3.05, 3.63) is 46.5 Å². The average molecular weight is 411 g/mol. The molecule has 1 aromatic heterocycles. The summed E-state index contributed by atoms with van der Waals surface area (Å²) in [5.41, 5.74) is 0.699. The molecule has 28 heavy (non-hydrogen) atoms. The molecule has 150 valence electrons. The Kier molecular flexibility index (Phi) is 7.11. The molecule has 2 aromatic rings. The first-order chi connectivity index (χ1) is 13.2. The highest BCUT2D eigenvalue weighted by Crippen LogP contribution is 2.24. The zero-order chi connectivity index (χ0) is 20.8. The minimum atomic E-state index is -0.867. The zero-order valence-electron chi connectivity index (χ0n) is 15.6. The summed E-state index contributed by atoms with van der Waals surface area (Å²) in [6, 6.07) is 4.59. The van der Waals surface area contributed by atoms with Gasteiger partial charge in [0.15, 0.2) is 6.61 Å². The smallest absolute Gasteiger partial charge is 0.343 e. The van der Waals surface area contributed by atoms with E-state index in [2.05, 4.69) is 15.7 Å². The van der Waals surface area contributed by atoms with E-state index < -0.39 is 30.3 Å². The van der Waals surface area contributed by atoms with Gasteiger partial charge in [-0.25, -0.2) is 18.7 Å². The van der Waals surface area contributed by atoms with Crippen LogP contribution in [0.2, 0.25) is 5.15 Å². The zero-order valence-corrected chi connectivity index (χ0v) is 16.3. The van der Waals surface area contributed by atoms with Gasteiger partial charge >= 0.3 is 12.0 Å². The number of aromatic nitrogens is 2. The Bertz CT molecular complexity index is 882. The van der Waals surface area contributed by atoms with Crippen LogP contribution in [-0.2, 0) is 9.53 Å². The van der Waals surface area contributed by atoms with Gasteiger partial charge in [0.1, 0.15) is 16.5 Å². The summed E-state index contributed by atoms with van der Waals surface area (Å²) in [5, 5.41) is 8.72. The monoisotopic (exact) mass is 410 g/mol. The van der Waals surface area contributed by atoms with Crippen molar-refractivity contribution in [1.29, 1.82) is 0 Å². The van der Waals surface area contributed by atoms with E-state index in [1.54, 1.807) is 13.8 Å². The number of carbonyl (C=O) groups excluding carboxylic acids is 3. The van der Waals surface area contributed by atoms with Gasteiger partial charge in [0.05, 0.1) is 11.4 Å². The fraction of sp³-hybridized carbons (Fsp3) is 0.333. The van der Waals surface area contributed by atoms with Crippen LogP contribution in [0.5, 0.6) is 0 Å². The number of ether oxygens (including phenoxy) is 1. The van der Waals surface area contributed by atoms with Crippen LogP contribution in [0.15, 0.2) is 24.3 Å². The van der Waals surface area contributed by atoms with E-state index in [0.29, 0.717) is 12.1 Å². The first kappa shape index (κ1) is 21.4. The maximum Gasteiger partial charge on any atom is 0.343 e. The predicted molar refractivity (Wildman–Crippen MR) is 100.0 cm³/mol. The van der Waals surface area contributed by atoms with Gasteiger partial charge in [-0.2, -0.15) is 5.10 Å². The van der Waals surface area contributed by atoms with Crippen LogP contribution in [0.25, 0.3) is 5.69 Å². The molecule has 1 aromatic carbocycles. The number of urea groups is 1. The Hall–Kier alpha value is -2.94. The maximum absolute atomic E-state index is 13.1. The van der Waals surface area contributed by atoms with E-state index in [4.69, 9.17) is 16.3 Å². The summed E-state index contributed by atoms with van der Waals surface area (Å²) >= 11 is 6.21. The standard InChI is InChI=1S/C18H20ClFN4O4/c1-4-10(2)21-18(27)22-14(25)9-28-17(26)15-11(3)23-24(16(15)19)13-7-5-12(20)6-8-13/h5-8,10H,4,9H2,1-3H3,(H2,21,22,25,27)/t10-/m0/s1. The van der Waals surface area contributed by atoms with E-state index in [9.17, 15) is 18.8 Å². The molecule has 1 atom stereocenters. The summed E-state index contributed by atoms with van der Waals surface area (Å²) in [7, 11) is 0. The van der Waals surface area contributed by atoms with Gasteiger partial charge in [-0.1, -0.05) is 18.5 Å². The maximum atomic E-state index is 13.1. The highest BCUT2D eigenvalue weighted by molar-refractivity contribution is 6.33. The molecular weight excluding hydrogens is 391 g/mol. The van der Waals surface area contributed by atoms with E-state index in [1.165, 1.54) is 28.9 Å². The number of carbonyl (C=O) groups is 3. The molecule has 0 aliphatic heterocycles. The second-order valence-corrected chi connectivity index (χ2v) is 6.40. The number of hydrogen-bond acceptors (Lipinski definition) is 5. The third-order valence-corrected chi connectivity index (χ3v) is 4.21. The molecule has 0 radical (unpaired) electrons. The third kappa shape index (κ3) is 5.29. The van der Waals surface area contributed by atoms with Crippen molar-refractivity contribution < 1.29 is 23.5 Å². The average Bonchev–Trinajstić information content (AvgIpc) is 2.94. The first-order valence-electron chi connectivity index (χ1n) is 8.51. The van der Waals surface area contributed by atoms with Gasteiger partial charge in [0.2, 0.25) is 0 Å². The van der Waals surface area contributed by atoms with Crippen LogP contribution in [0.1, 0.15) is 36.3 Å². The molecule has 3 amide bonds. The summed E-state index contributed by atoms with van der Waals surface area (Å²) in [6.07, 6.45) is 0.701. The second-order valence-electron chi connectivity index (χ2n) is 6.05. The molecular formula is C18H20ClFN4O4. The SMILES string of the molecule is CC[C@H](C)NC(=O)NC(=O)COC(=O)c1c(C)nn(-c2ccc(F)cc2)c1Cl. The summed E-state index contributed by atoms with van der Waals surface area (Å²) < 4.78 is 19.2. The van der Waals surface area contributed by atoms with Crippen molar-refractivity contribution in [2.75, 3.05) is 6.61 Å². The molecule has 2 N–H and O–H groups in total. The van der Waals surface area contributed by atoms with Gasteiger partial charge in [-0.3, -0.25) is 10.1 Å². The van der Waals surface area contributed by atoms with Gasteiger partial charge in [-0.05, 0) is 44.5 Å². The van der Waals surface area contributed by atoms with Gasteiger partial charge in [-0.15, -0.1) is 0 Å². The lowest BCUT2D eigenvalue weighted by Gasteiger charge is -2.11. The summed E-state index contributed by atoms with van der Waals surface area (Å²) in [6.45, 7) is 4.55. The molecule has 8 nitrogen and oxygen atoms in total. The van der Waals surface area contributed by atoms with Crippen LogP contribution in [0.4, 0.5) is 9.18 Å². The Balaban J connectivity index is 2.02. The van der Waals surface area contributed by atoms with Crippen molar-refractivity contribution in [1.82, 2.24) is 20.4 Å². The molecule has 2 rings (SSSR count). The number of imide groups is 1. The molecule has 0 aliphatic carbocycles. The van der Waals surface area contributed by atoms with E-state index in [0.717, 1.165) is 0 Å². The minimum absolute atomic E-state index is 0.0251. The van der Waals surface area contributed by atoms with Crippen LogP contribution in [0, 0.1) is 12.7 Å². The Morgan fingerprint density at radius 2 is 1.93 bits per heavy atom. The predicted octanol–water partition coefficient (Wildman–Crippen LogP) is 2.75. The number of aryl methyl sites for hydroxylation is 1. The molecule has 0 bridgehead atoms. The fourth-order valence-electron chi connectivity index (χ4n) is 2.21. The van der Waals surface area contributed by atoms with E-state index >= 15 is 0 Å². The number of hydrogen-bond donors (Lipinski definition) is 2. The van der Waals surface area contributed by atoms with Crippen molar-refractivity contribution in [2.24, 2.45) is 0 Å². The minimum Gasteiger partial charge on any atom is -0.452 e. The lowest BCUT2D eigenvalue weighted by atomic mass is 10.2. The number of halogens is 2. The number of nitrogens with zero attached hydrogens (tertiary/aromatic N) is 2. The highest BCUT2D eigenvalue weighted by Gasteiger charge is 2.23. The van der Waals surface area contributed by atoms with Crippen LogP contribution >= 0.6 is 11.6 Å². The Morgan fingerprint density at radius 3 is 2.54 bits per heavy atom. The topological polar surface area (TPSA) is 102 Å². The molecule has 0 spiro atoms. The number of nitrogens with one attached hydrogen (secondary N) is 2. The number of esters is 1. The molecule has 0 fully saturated rings. The first-order valence-corrected chi connectivity index (χ1v) is 8.89. The lowest BCUT2D eigenvalue weighted by molar-refractivity contribution is -0.123. The van der Waals surface area contributed by atoms with Crippen molar-refractivity contribution in [3.63, 3.8) is 0 Å². The normalized spacial score (nSPS) is 11.6. The number of amides is 3. The third-order valence-electron chi connectivity index (χ3n) is 3.86. The molecule has 0 aliphatic rings. The van der Waals surface area contributed by atoms with Gasteiger partial charge in [0.25, 0.3) is 5.91 Å². The van der Waals surface area contributed by atoms with E-state index in [-0.39, 0.29) is 22.5 Å².